The molecule has 3 rings (SSSR count). The van der Waals surface area contributed by atoms with Crippen LogP contribution in [0.4, 0.5) is 5.69 Å². The van der Waals surface area contributed by atoms with Crippen molar-refractivity contribution in [3.8, 4) is 0 Å². The van der Waals surface area contributed by atoms with Crippen LogP contribution in [-0.2, 0) is 4.79 Å². The Morgan fingerprint density at radius 3 is 2.12 bits per heavy atom. The van der Waals surface area contributed by atoms with Crippen molar-refractivity contribution in [1.82, 2.24) is 0 Å². The first-order chi connectivity index (χ1) is 11.3. The molecule has 1 aliphatic heterocycles. The van der Waals surface area contributed by atoms with Gasteiger partial charge in [0, 0.05) is 5.69 Å². The van der Waals surface area contributed by atoms with Gasteiger partial charge in [0.15, 0.2) is 0 Å². The fraction of sp³-hybridized carbons (Fsp3) is 0.667. The highest BCUT2D eigenvalue weighted by atomic mass is 32.2. The molecule has 0 aromatic heterocycles. The van der Waals surface area contributed by atoms with Crippen LogP contribution in [-0.4, -0.2) is 17.0 Å². The Labute approximate surface area is 151 Å². The minimum absolute atomic E-state index is 0.285. The molecule has 2 fully saturated rings. The number of benzene rings is 1. The fourth-order valence-corrected chi connectivity index (χ4v) is 5.83. The molecule has 2 nitrogen and oxygen atoms in total. The van der Waals surface area contributed by atoms with E-state index in [2.05, 4.69) is 57.7 Å². The van der Waals surface area contributed by atoms with Crippen molar-refractivity contribution in [1.29, 1.82) is 0 Å². The summed E-state index contributed by atoms with van der Waals surface area (Å²) >= 11 is 1.86. The number of anilines is 1. The molecule has 24 heavy (non-hydrogen) atoms. The van der Waals surface area contributed by atoms with Crippen molar-refractivity contribution in [2.24, 2.45) is 17.3 Å². The standard InChI is InChI=1S/C21H31NOS/c1-14-10-15(2)12-18(11-14)22-19(23)13-24-20(22)16-6-8-17(9-7-16)21(3,4)5/h10-12,16-17,20H,6-9,13H2,1-5H3/t16?,17?,20-/m1/s1. The van der Waals surface area contributed by atoms with Crippen molar-refractivity contribution in [3.05, 3.63) is 29.3 Å². The van der Waals surface area contributed by atoms with Crippen LogP contribution in [0.2, 0.25) is 0 Å². The molecule has 1 saturated heterocycles. The molecule has 1 aliphatic carbocycles. The van der Waals surface area contributed by atoms with Gasteiger partial charge in [-0.2, -0.15) is 0 Å². The minimum atomic E-state index is 0.285. The molecule has 1 aromatic carbocycles. The van der Waals surface area contributed by atoms with Crippen LogP contribution in [0.25, 0.3) is 0 Å². The Morgan fingerprint density at radius 1 is 1.00 bits per heavy atom. The van der Waals surface area contributed by atoms with Gasteiger partial charge in [-0.1, -0.05) is 26.8 Å². The Morgan fingerprint density at radius 2 is 1.58 bits per heavy atom. The van der Waals surface area contributed by atoms with Gasteiger partial charge in [0.05, 0.1) is 11.1 Å². The fourth-order valence-electron chi connectivity index (χ4n) is 4.44. The van der Waals surface area contributed by atoms with E-state index in [1.54, 1.807) is 0 Å². The number of thioether (sulfide) groups is 1. The maximum atomic E-state index is 12.6. The Kier molecular flexibility index (Phi) is 5.01. The maximum absolute atomic E-state index is 12.6. The number of hydrogen-bond donors (Lipinski definition) is 0. The molecular formula is C21H31NOS. The summed E-state index contributed by atoms with van der Waals surface area (Å²) in [4.78, 5) is 14.7. The number of nitrogens with zero attached hydrogens (tertiary/aromatic N) is 1. The number of hydrogen-bond acceptors (Lipinski definition) is 2. The van der Waals surface area contributed by atoms with Crippen LogP contribution in [0, 0.1) is 31.1 Å². The zero-order valence-corrected chi connectivity index (χ0v) is 16.6. The van der Waals surface area contributed by atoms with Gasteiger partial charge in [-0.15, -0.1) is 11.8 Å². The van der Waals surface area contributed by atoms with E-state index in [0.717, 1.165) is 11.6 Å². The predicted molar refractivity (Wildman–Crippen MR) is 105 cm³/mol. The molecule has 1 atom stereocenters. The molecule has 2 aliphatic rings. The van der Waals surface area contributed by atoms with Crippen molar-refractivity contribution in [3.63, 3.8) is 0 Å². The topological polar surface area (TPSA) is 20.3 Å². The molecule has 1 heterocycles. The molecule has 0 N–H and O–H groups in total. The highest BCUT2D eigenvalue weighted by Gasteiger charge is 2.41. The monoisotopic (exact) mass is 345 g/mol. The number of amides is 1. The third-order valence-electron chi connectivity index (χ3n) is 5.79. The van der Waals surface area contributed by atoms with Crippen molar-refractivity contribution < 1.29 is 4.79 Å². The number of carbonyl (C=O) groups excluding carboxylic acids is 1. The lowest BCUT2D eigenvalue weighted by atomic mass is 9.69. The van der Waals surface area contributed by atoms with Crippen LogP contribution in [0.1, 0.15) is 57.6 Å². The van der Waals surface area contributed by atoms with Gasteiger partial charge in [0.1, 0.15) is 0 Å². The average Bonchev–Trinajstić information content (AvgIpc) is 2.87. The van der Waals surface area contributed by atoms with Gasteiger partial charge in [-0.25, -0.2) is 0 Å². The normalized spacial score (nSPS) is 28.5. The van der Waals surface area contributed by atoms with E-state index in [4.69, 9.17) is 0 Å². The van der Waals surface area contributed by atoms with E-state index in [-0.39, 0.29) is 5.91 Å². The lowest BCUT2D eigenvalue weighted by molar-refractivity contribution is -0.116. The van der Waals surface area contributed by atoms with E-state index in [9.17, 15) is 4.79 Å². The molecule has 1 aromatic rings. The van der Waals surface area contributed by atoms with Crippen LogP contribution in [0.3, 0.4) is 0 Å². The second-order valence-corrected chi connectivity index (χ2v) is 9.89. The van der Waals surface area contributed by atoms with Crippen molar-refractivity contribution in [2.45, 2.75) is 65.7 Å². The van der Waals surface area contributed by atoms with Crippen LogP contribution in [0.15, 0.2) is 18.2 Å². The quantitative estimate of drug-likeness (QED) is 0.699. The molecule has 3 heteroatoms. The van der Waals surface area contributed by atoms with E-state index in [1.165, 1.54) is 36.8 Å². The van der Waals surface area contributed by atoms with E-state index >= 15 is 0 Å². The highest BCUT2D eigenvalue weighted by Crippen LogP contribution is 2.45. The molecule has 132 valence electrons. The second-order valence-electron chi connectivity index (χ2n) is 8.79. The van der Waals surface area contributed by atoms with Gasteiger partial charge in [-0.05, 0) is 80.0 Å². The molecule has 0 spiro atoms. The molecule has 0 unspecified atom stereocenters. The molecule has 0 bridgehead atoms. The first kappa shape index (κ1) is 17.8. The third kappa shape index (κ3) is 3.66. The van der Waals surface area contributed by atoms with E-state index in [0.29, 0.717) is 22.5 Å². The smallest absolute Gasteiger partial charge is 0.238 e. The first-order valence-electron chi connectivity index (χ1n) is 9.27. The summed E-state index contributed by atoms with van der Waals surface area (Å²) in [5.74, 6) is 2.39. The summed E-state index contributed by atoms with van der Waals surface area (Å²) in [6.07, 6.45) is 5.13. The Hall–Kier alpha value is -0.960. The first-order valence-corrected chi connectivity index (χ1v) is 10.3. The van der Waals surface area contributed by atoms with Crippen LogP contribution >= 0.6 is 11.8 Å². The largest absolute Gasteiger partial charge is 0.299 e. The van der Waals surface area contributed by atoms with E-state index in [1.807, 2.05) is 11.8 Å². The van der Waals surface area contributed by atoms with E-state index < -0.39 is 0 Å². The molecule has 1 amide bonds. The third-order valence-corrected chi connectivity index (χ3v) is 7.14. The van der Waals surface area contributed by atoms with Gasteiger partial charge >= 0.3 is 0 Å². The van der Waals surface area contributed by atoms with Crippen LogP contribution in [0.5, 0.6) is 0 Å². The second kappa shape index (κ2) is 6.74. The number of carbonyl (C=O) groups is 1. The lowest BCUT2D eigenvalue weighted by Gasteiger charge is -2.40. The average molecular weight is 346 g/mol. The van der Waals surface area contributed by atoms with Gasteiger partial charge < -0.3 is 0 Å². The SMILES string of the molecule is Cc1cc(C)cc(N2C(=O)CS[C@@H]2C2CCC(C(C)(C)C)CC2)c1. The molecule has 1 saturated carbocycles. The summed E-state index contributed by atoms with van der Waals surface area (Å²) in [7, 11) is 0. The van der Waals surface area contributed by atoms with Crippen LogP contribution < -0.4 is 4.90 Å². The molecule has 0 radical (unpaired) electrons. The Balaban J connectivity index is 1.77. The summed E-state index contributed by atoms with van der Waals surface area (Å²) < 4.78 is 0. The maximum Gasteiger partial charge on any atom is 0.238 e. The van der Waals surface area contributed by atoms with Gasteiger partial charge in [0.2, 0.25) is 5.91 Å². The number of rotatable bonds is 2. The lowest BCUT2D eigenvalue weighted by Crippen LogP contribution is -2.40. The number of aryl methyl sites for hydroxylation is 2. The van der Waals surface area contributed by atoms with Gasteiger partial charge in [-0.3, -0.25) is 9.69 Å². The zero-order valence-electron chi connectivity index (χ0n) is 15.8. The summed E-state index contributed by atoms with van der Waals surface area (Å²) in [6.45, 7) is 11.3. The predicted octanol–water partition coefficient (Wildman–Crippen LogP) is 5.56. The zero-order chi connectivity index (χ0) is 17.5. The van der Waals surface area contributed by atoms with Crippen molar-refractivity contribution >= 4 is 23.4 Å². The summed E-state index contributed by atoms with van der Waals surface area (Å²) in [6, 6.07) is 6.52. The summed E-state index contributed by atoms with van der Waals surface area (Å²) in [5.41, 5.74) is 4.00. The van der Waals surface area contributed by atoms with Gasteiger partial charge in [0.25, 0.3) is 0 Å². The summed E-state index contributed by atoms with van der Waals surface area (Å²) in [5, 5.41) is 0.333. The minimum Gasteiger partial charge on any atom is -0.299 e. The Bertz CT molecular complexity index is 591. The highest BCUT2D eigenvalue weighted by molar-refractivity contribution is 8.01. The molecular weight excluding hydrogens is 314 g/mol. The van der Waals surface area contributed by atoms with Crippen molar-refractivity contribution in [2.75, 3.05) is 10.7 Å².